The van der Waals surface area contributed by atoms with Gasteiger partial charge in [0.05, 0.1) is 6.20 Å². The molecule has 6 rings (SSSR count). The minimum atomic E-state index is 0. The first kappa shape index (κ1) is 19.5. The van der Waals surface area contributed by atoms with Crippen molar-refractivity contribution >= 4 is 29.9 Å². The minimum absolute atomic E-state index is 0. The van der Waals surface area contributed by atoms with E-state index in [0.29, 0.717) is 11.3 Å². The molecule has 2 heterocycles. The number of aromatic nitrogens is 2. The van der Waals surface area contributed by atoms with Crippen molar-refractivity contribution in [1.29, 1.82) is 0 Å². The number of aryl methyl sites for hydroxylation is 1. The fourth-order valence-electron chi connectivity index (χ4n) is 6.98. The summed E-state index contributed by atoms with van der Waals surface area (Å²) in [5.74, 6) is 4.76. The average Bonchev–Trinajstić information content (AvgIpc) is 3.23. The van der Waals surface area contributed by atoms with Crippen molar-refractivity contribution in [2.24, 2.45) is 35.2 Å². The highest BCUT2D eigenvalue weighted by Crippen LogP contribution is 2.59. The summed E-state index contributed by atoms with van der Waals surface area (Å²) in [4.78, 5) is 7.09. The van der Waals surface area contributed by atoms with Crippen LogP contribution in [-0.2, 0) is 7.05 Å². The van der Waals surface area contributed by atoms with Crippen LogP contribution in [0.2, 0.25) is 0 Å². The standard InChI is InChI=1S/C21H33N5.HI/c1-22-20(26-4-3-18(13-26)19-11-24-25(2)12-19)23-14-21-8-15-5-16(9-21)7-17(6-15)10-21;/h11-12,15-18H,3-10,13-14H2,1-2H3,(H,22,23);1H. The zero-order valence-electron chi connectivity index (χ0n) is 16.7. The van der Waals surface area contributed by atoms with Crippen LogP contribution >= 0.6 is 24.0 Å². The van der Waals surface area contributed by atoms with Crippen LogP contribution in [0.1, 0.15) is 56.4 Å². The predicted molar refractivity (Wildman–Crippen MR) is 120 cm³/mol. The molecule has 0 radical (unpaired) electrons. The maximum absolute atomic E-state index is 4.63. The Labute approximate surface area is 180 Å². The maximum atomic E-state index is 4.63. The number of hydrogen-bond donors (Lipinski definition) is 1. The molecule has 0 amide bonds. The van der Waals surface area contributed by atoms with E-state index in [2.05, 4.69) is 26.5 Å². The lowest BCUT2D eigenvalue weighted by Gasteiger charge is -2.57. The normalized spacial score (nSPS) is 37.6. The molecule has 1 aliphatic heterocycles. The molecule has 1 aromatic rings. The third-order valence-electron chi connectivity index (χ3n) is 7.68. The molecule has 1 saturated heterocycles. The van der Waals surface area contributed by atoms with E-state index < -0.39 is 0 Å². The Bertz CT molecular complexity index is 661. The summed E-state index contributed by atoms with van der Waals surface area (Å²) in [6.45, 7) is 3.30. The third-order valence-corrected chi connectivity index (χ3v) is 7.68. The van der Waals surface area contributed by atoms with Gasteiger partial charge in [0.1, 0.15) is 0 Å². The van der Waals surface area contributed by atoms with Crippen LogP contribution in [0.25, 0.3) is 0 Å². The molecule has 150 valence electrons. The van der Waals surface area contributed by atoms with Crippen LogP contribution in [0.3, 0.4) is 0 Å². The number of nitrogens with one attached hydrogen (secondary N) is 1. The zero-order valence-corrected chi connectivity index (χ0v) is 19.1. The Morgan fingerprint density at radius 3 is 2.44 bits per heavy atom. The molecule has 5 nitrogen and oxygen atoms in total. The zero-order chi connectivity index (χ0) is 17.7. The average molecular weight is 483 g/mol. The van der Waals surface area contributed by atoms with Crippen LogP contribution in [-0.4, -0.2) is 47.3 Å². The van der Waals surface area contributed by atoms with Crippen molar-refractivity contribution in [2.45, 2.75) is 50.9 Å². The molecule has 4 bridgehead atoms. The highest BCUT2D eigenvalue weighted by atomic mass is 127. The van der Waals surface area contributed by atoms with Crippen LogP contribution in [0.15, 0.2) is 17.4 Å². The summed E-state index contributed by atoms with van der Waals surface area (Å²) in [7, 11) is 3.95. The van der Waals surface area contributed by atoms with Crippen molar-refractivity contribution in [3.05, 3.63) is 18.0 Å². The maximum Gasteiger partial charge on any atom is 0.193 e. The molecule has 1 aromatic heterocycles. The van der Waals surface area contributed by atoms with E-state index >= 15 is 0 Å². The molecule has 5 aliphatic rings. The Morgan fingerprint density at radius 2 is 1.89 bits per heavy atom. The first-order valence-corrected chi connectivity index (χ1v) is 10.6. The second kappa shape index (κ2) is 7.56. The van der Waals surface area contributed by atoms with E-state index in [4.69, 9.17) is 0 Å². The number of hydrogen-bond acceptors (Lipinski definition) is 2. The Hall–Kier alpha value is -0.790. The third kappa shape index (κ3) is 3.75. The fourth-order valence-corrected chi connectivity index (χ4v) is 6.98. The number of likely N-dealkylation sites (tertiary alicyclic amines) is 1. The van der Waals surface area contributed by atoms with E-state index in [1.165, 1.54) is 50.5 Å². The summed E-state index contributed by atoms with van der Waals surface area (Å²) < 4.78 is 1.91. The van der Waals surface area contributed by atoms with Gasteiger partial charge < -0.3 is 10.2 Å². The van der Waals surface area contributed by atoms with E-state index in [9.17, 15) is 0 Å². The fraction of sp³-hybridized carbons (Fsp3) is 0.810. The molecular weight excluding hydrogens is 449 g/mol. The van der Waals surface area contributed by atoms with Crippen molar-refractivity contribution in [3.63, 3.8) is 0 Å². The SMILES string of the molecule is CN=C(NCC12CC3CC(CC(C3)C1)C2)N1CCC(c2cnn(C)c2)C1.I. The molecule has 1 atom stereocenters. The van der Waals surface area contributed by atoms with Crippen molar-refractivity contribution in [1.82, 2.24) is 20.0 Å². The van der Waals surface area contributed by atoms with Crippen LogP contribution in [0.4, 0.5) is 0 Å². The number of guanidine groups is 1. The highest BCUT2D eigenvalue weighted by Gasteiger charge is 2.50. The summed E-state index contributed by atoms with van der Waals surface area (Å²) in [5.41, 5.74) is 1.93. The number of halogens is 1. The van der Waals surface area contributed by atoms with Crippen molar-refractivity contribution in [3.8, 4) is 0 Å². The van der Waals surface area contributed by atoms with Gasteiger partial charge in [-0.2, -0.15) is 5.10 Å². The topological polar surface area (TPSA) is 45.5 Å². The summed E-state index contributed by atoms with van der Waals surface area (Å²) in [6.07, 6.45) is 14.3. The lowest BCUT2D eigenvalue weighted by molar-refractivity contribution is -0.0494. The monoisotopic (exact) mass is 483 g/mol. The van der Waals surface area contributed by atoms with E-state index in [0.717, 1.165) is 43.3 Å². The van der Waals surface area contributed by atoms with Crippen LogP contribution in [0, 0.1) is 23.2 Å². The molecule has 1 N–H and O–H groups in total. The van der Waals surface area contributed by atoms with Gasteiger partial charge in [-0.05, 0) is 73.7 Å². The molecule has 6 heteroatoms. The molecule has 5 fully saturated rings. The van der Waals surface area contributed by atoms with Crippen molar-refractivity contribution < 1.29 is 0 Å². The van der Waals surface area contributed by atoms with Gasteiger partial charge >= 0.3 is 0 Å². The minimum Gasteiger partial charge on any atom is -0.356 e. The second-order valence-electron chi connectivity index (χ2n) is 9.70. The molecule has 4 aliphatic carbocycles. The second-order valence-corrected chi connectivity index (χ2v) is 9.70. The van der Waals surface area contributed by atoms with Gasteiger partial charge in [-0.25, -0.2) is 0 Å². The molecule has 0 aromatic carbocycles. The lowest BCUT2D eigenvalue weighted by atomic mass is 9.49. The number of nitrogens with zero attached hydrogens (tertiary/aromatic N) is 4. The van der Waals surface area contributed by atoms with Crippen LogP contribution < -0.4 is 5.32 Å². The lowest BCUT2D eigenvalue weighted by Crippen LogP contribution is -2.53. The molecule has 0 spiro atoms. The first-order valence-electron chi connectivity index (χ1n) is 10.6. The van der Waals surface area contributed by atoms with Gasteiger partial charge in [0.25, 0.3) is 0 Å². The Kier molecular flexibility index (Phi) is 5.47. The predicted octanol–water partition coefficient (Wildman–Crippen LogP) is 3.62. The molecule has 1 unspecified atom stereocenters. The molecular formula is C21H34IN5. The Balaban J connectivity index is 0.00000180. The smallest absolute Gasteiger partial charge is 0.193 e. The van der Waals surface area contributed by atoms with Gasteiger partial charge in [-0.3, -0.25) is 9.67 Å². The quantitative estimate of drug-likeness (QED) is 0.406. The summed E-state index contributed by atoms with van der Waals surface area (Å²) in [5, 5.41) is 8.15. The van der Waals surface area contributed by atoms with E-state index in [1.807, 2.05) is 25.0 Å². The largest absolute Gasteiger partial charge is 0.356 e. The molecule has 4 saturated carbocycles. The Morgan fingerprint density at radius 1 is 1.22 bits per heavy atom. The van der Waals surface area contributed by atoms with Crippen LogP contribution in [0.5, 0.6) is 0 Å². The number of rotatable bonds is 3. The van der Waals surface area contributed by atoms with Gasteiger partial charge in [0.15, 0.2) is 5.96 Å². The van der Waals surface area contributed by atoms with Gasteiger partial charge in [0.2, 0.25) is 0 Å². The van der Waals surface area contributed by atoms with Gasteiger partial charge in [-0.15, -0.1) is 24.0 Å². The summed E-state index contributed by atoms with van der Waals surface area (Å²) in [6, 6.07) is 0. The van der Waals surface area contributed by atoms with Crippen molar-refractivity contribution in [2.75, 3.05) is 26.7 Å². The summed E-state index contributed by atoms with van der Waals surface area (Å²) >= 11 is 0. The van der Waals surface area contributed by atoms with E-state index in [1.54, 1.807) is 0 Å². The molecule has 27 heavy (non-hydrogen) atoms. The number of aliphatic imine (C=N–C) groups is 1. The van der Waals surface area contributed by atoms with Gasteiger partial charge in [0, 0.05) is 45.8 Å². The first-order chi connectivity index (χ1) is 12.6. The van der Waals surface area contributed by atoms with E-state index in [-0.39, 0.29) is 24.0 Å². The highest BCUT2D eigenvalue weighted by molar-refractivity contribution is 14.0. The van der Waals surface area contributed by atoms with Gasteiger partial charge in [-0.1, -0.05) is 0 Å².